The number of pyridine rings is 1. The number of fused-ring (bicyclic) bond motifs is 1. The number of para-hydroxylation sites is 1. The number of hydrogen-bond donors (Lipinski definition) is 0. The summed E-state index contributed by atoms with van der Waals surface area (Å²) in [6.07, 6.45) is 0. The first-order valence-electron chi connectivity index (χ1n) is 5.45. The first kappa shape index (κ1) is 12.9. The van der Waals surface area contributed by atoms with E-state index in [-0.39, 0.29) is 25.9 Å². The minimum atomic E-state index is -0.240. The molecular weight excluding hydrogens is 405 g/mol. The maximum absolute atomic E-state index is 13.6. The summed E-state index contributed by atoms with van der Waals surface area (Å²) in [4.78, 5) is 4.47. The zero-order valence-corrected chi connectivity index (χ0v) is 11.8. The summed E-state index contributed by atoms with van der Waals surface area (Å²) in [7, 11) is 0. The van der Waals surface area contributed by atoms with Gasteiger partial charge < -0.3 is 0 Å². The van der Waals surface area contributed by atoms with Crippen LogP contribution in [0.25, 0.3) is 22.2 Å². The monoisotopic (exact) mass is 416 g/mol. The fourth-order valence-corrected chi connectivity index (χ4v) is 1.88. The molecule has 3 aromatic rings. The van der Waals surface area contributed by atoms with Crippen LogP contribution < -0.4 is 0 Å². The average molecular weight is 415 g/mol. The topological polar surface area (TPSA) is 12.9 Å². The van der Waals surface area contributed by atoms with E-state index in [1.807, 2.05) is 42.5 Å². The van der Waals surface area contributed by atoms with E-state index < -0.39 is 0 Å². The van der Waals surface area contributed by atoms with Crippen LogP contribution in [0, 0.1) is 5.82 Å². The average Bonchev–Trinajstić information content (AvgIpc) is 2.39. The van der Waals surface area contributed by atoms with E-state index in [1.165, 1.54) is 6.07 Å². The SMILES string of the molecule is Fc1ccccc1-c1ccc2ccccc2n1.[Ir]. The third-order valence-corrected chi connectivity index (χ3v) is 2.75. The molecule has 18 heavy (non-hydrogen) atoms. The van der Waals surface area contributed by atoms with Crippen LogP contribution >= 0.6 is 0 Å². The number of halogens is 1. The van der Waals surface area contributed by atoms with Crippen molar-refractivity contribution in [3.8, 4) is 11.3 Å². The summed E-state index contributed by atoms with van der Waals surface area (Å²) < 4.78 is 13.6. The Bertz CT molecular complexity index is 682. The zero-order chi connectivity index (χ0) is 11.7. The minimum absolute atomic E-state index is 0. The van der Waals surface area contributed by atoms with Crippen molar-refractivity contribution >= 4 is 10.9 Å². The quantitative estimate of drug-likeness (QED) is 0.585. The van der Waals surface area contributed by atoms with Gasteiger partial charge in [-0.25, -0.2) is 9.37 Å². The van der Waals surface area contributed by atoms with Crippen molar-refractivity contribution in [2.45, 2.75) is 0 Å². The van der Waals surface area contributed by atoms with Crippen LogP contribution in [0.3, 0.4) is 0 Å². The molecule has 0 aliphatic rings. The van der Waals surface area contributed by atoms with E-state index >= 15 is 0 Å². The van der Waals surface area contributed by atoms with Crippen LogP contribution in [0.4, 0.5) is 4.39 Å². The van der Waals surface area contributed by atoms with Crippen molar-refractivity contribution in [1.82, 2.24) is 4.98 Å². The molecule has 0 saturated carbocycles. The van der Waals surface area contributed by atoms with Crippen LogP contribution in [-0.4, -0.2) is 4.98 Å². The van der Waals surface area contributed by atoms with Crippen molar-refractivity contribution in [3.05, 3.63) is 66.5 Å². The summed E-state index contributed by atoms with van der Waals surface area (Å²) >= 11 is 0. The van der Waals surface area contributed by atoms with Gasteiger partial charge in [-0.3, -0.25) is 0 Å². The molecule has 3 heteroatoms. The number of rotatable bonds is 1. The maximum atomic E-state index is 13.6. The van der Waals surface area contributed by atoms with E-state index in [1.54, 1.807) is 12.1 Å². The maximum Gasteiger partial charge on any atom is 0.132 e. The number of aromatic nitrogens is 1. The molecule has 0 spiro atoms. The summed E-state index contributed by atoms with van der Waals surface area (Å²) in [5, 5.41) is 1.06. The summed E-state index contributed by atoms with van der Waals surface area (Å²) in [6, 6.07) is 18.3. The van der Waals surface area contributed by atoms with Gasteiger partial charge in [-0.15, -0.1) is 0 Å². The zero-order valence-electron chi connectivity index (χ0n) is 9.43. The molecule has 3 rings (SSSR count). The van der Waals surface area contributed by atoms with E-state index in [0.717, 1.165) is 10.9 Å². The Hall–Kier alpha value is -1.57. The van der Waals surface area contributed by atoms with Gasteiger partial charge in [0.15, 0.2) is 0 Å². The molecule has 1 nitrogen and oxygen atoms in total. The molecule has 1 radical (unpaired) electrons. The Labute approximate surface area is 118 Å². The van der Waals surface area contributed by atoms with Gasteiger partial charge in [0.1, 0.15) is 5.82 Å². The Morgan fingerprint density at radius 2 is 1.50 bits per heavy atom. The fourth-order valence-electron chi connectivity index (χ4n) is 1.88. The summed E-state index contributed by atoms with van der Waals surface area (Å²) in [5.74, 6) is -0.240. The molecule has 0 unspecified atom stereocenters. The summed E-state index contributed by atoms with van der Waals surface area (Å²) in [6.45, 7) is 0. The normalized spacial score (nSPS) is 10.1. The van der Waals surface area contributed by atoms with Crippen molar-refractivity contribution in [1.29, 1.82) is 0 Å². The van der Waals surface area contributed by atoms with Crippen molar-refractivity contribution in [3.63, 3.8) is 0 Å². The van der Waals surface area contributed by atoms with Crippen molar-refractivity contribution < 1.29 is 24.5 Å². The molecule has 0 fully saturated rings. The number of hydrogen-bond acceptors (Lipinski definition) is 1. The van der Waals surface area contributed by atoms with Crippen molar-refractivity contribution in [2.24, 2.45) is 0 Å². The summed E-state index contributed by atoms with van der Waals surface area (Å²) in [5.41, 5.74) is 2.09. The molecular formula is C15H10FIrN. The molecule has 91 valence electrons. The van der Waals surface area contributed by atoms with Gasteiger partial charge in [-0.1, -0.05) is 36.4 Å². The molecule has 0 aliphatic carbocycles. The van der Waals surface area contributed by atoms with Gasteiger partial charge in [0.2, 0.25) is 0 Å². The van der Waals surface area contributed by atoms with Crippen LogP contribution in [0.5, 0.6) is 0 Å². The van der Waals surface area contributed by atoms with E-state index in [9.17, 15) is 4.39 Å². The molecule has 0 saturated heterocycles. The predicted molar refractivity (Wildman–Crippen MR) is 67.1 cm³/mol. The standard InChI is InChI=1S/C15H10FN.Ir/c16-13-7-3-2-6-12(13)15-10-9-11-5-1-4-8-14(11)17-15;/h1-10H;. The molecule has 0 N–H and O–H groups in total. The van der Waals surface area contributed by atoms with Crippen LogP contribution in [0.2, 0.25) is 0 Å². The van der Waals surface area contributed by atoms with Crippen LogP contribution in [-0.2, 0) is 20.1 Å². The smallest absolute Gasteiger partial charge is 0.132 e. The van der Waals surface area contributed by atoms with E-state index in [2.05, 4.69) is 4.98 Å². The van der Waals surface area contributed by atoms with Gasteiger partial charge in [0.05, 0.1) is 11.2 Å². The molecule has 0 atom stereocenters. The Kier molecular flexibility index (Phi) is 3.85. The second kappa shape index (κ2) is 5.38. The second-order valence-corrected chi connectivity index (χ2v) is 3.87. The van der Waals surface area contributed by atoms with E-state index in [0.29, 0.717) is 11.3 Å². The van der Waals surface area contributed by atoms with E-state index in [4.69, 9.17) is 0 Å². The Morgan fingerprint density at radius 1 is 0.778 bits per heavy atom. The molecule has 0 amide bonds. The fraction of sp³-hybridized carbons (Fsp3) is 0. The Morgan fingerprint density at radius 3 is 2.33 bits per heavy atom. The number of benzene rings is 2. The number of nitrogens with zero attached hydrogens (tertiary/aromatic N) is 1. The third-order valence-electron chi connectivity index (χ3n) is 2.75. The molecule has 2 aromatic carbocycles. The molecule has 0 bridgehead atoms. The van der Waals surface area contributed by atoms with Crippen LogP contribution in [0.15, 0.2) is 60.7 Å². The molecule has 0 aliphatic heterocycles. The second-order valence-electron chi connectivity index (χ2n) is 3.87. The first-order valence-corrected chi connectivity index (χ1v) is 5.45. The first-order chi connectivity index (χ1) is 8.34. The van der Waals surface area contributed by atoms with Crippen LogP contribution in [0.1, 0.15) is 0 Å². The van der Waals surface area contributed by atoms with Gasteiger partial charge in [0.25, 0.3) is 0 Å². The predicted octanol–water partition coefficient (Wildman–Crippen LogP) is 4.04. The van der Waals surface area contributed by atoms with Gasteiger partial charge >= 0.3 is 0 Å². The molecule has 1 aromatic heterocycles. The Balaban J connectivity index is 0.00000120. The van der Waals surface area contributed by atoms with Crippen molar-refractivity contribution in [2.75, 3.05) is 0 Å². The molecule has 1 heterocycles. The van der Waals surface area contributed by atoms with Gasteiger partial charge in [-0.05, 0) is 24.3 Å². The largest absolute Gasteiger partial charge is 0.248 e. The minimum Gasteiger partial charge on any atom is -0.248 e. The van der Waals surface area contributed by atoms with Gasteiger partial charge in [0, 0.05) is 31.1 Å². The van der Waals surface area contributed by atoms with Gasteiger partial charge in [-0.2, -0.15) is 0 Å². The third kappa shape index (κ3) is 2.33.